The van der Waals surface area contributed by atoms with Crippen LogP contribution in [0.1, 0.15) is 23.3 Å². The maximum atomic E-state index is 12.0. The van der Waals surface area contributed by atoms with E-state index in [2.05, 4.69) is 15.2 Å². The van der Waals surface area contributed by atoms with Crippen LogP contribution in [0.4, 0.5) is 0 Å². The Balaban J connectivity index is 1.57. The Hall–Kier alpha value is -2.28. The fourth-order valence-corrected chi connectivity index (χ4v) is 2.47. The van der Waals surface area contributed by atoms with Crippen LogP contribution in [0.15, 0.2) is 40.1 Å². The number of hydrogen-bond acceptors (Lipinski definition) is 6. The number of Topliss-reactive ketones (excluding diaryl/α,β-unsaturated/α-hetero) is 1. The molecule has 3 rings (SSSR count). The van der Waals surface area contributed by atoms with E-state index in [4.69, 9.17) is 4.52 Å². The van der Waals surface area contributed by atoms with Crippen molar-refractivity contribution in [3.63, 3.8) is 0 Å². The van der Waals surface area contributed by atoms with Crippen LogP contribution < -0.4 is 0 Å². The highest BCUT2D eigenvalue weighted by atomic mass is 32.1. The molecule has 6 nitrogen and oxygen atoms in total. The predicted molar refractivity (Wildman–Crippen MR) is 73.4 cm³/mol. The van der Waals surface area contributed by atoms with Crippen molar-refractivity contribution in [3.8, 4) is 11.3 Å². The van der Waals surface area contributed by atoms with E-state index in [1.807, 2.05) is 16.8 Å². The minimum absolute atomic E-state index is 0.0182. The van der Waals surface area contributed by atoms with Crippen LogP contribution in [-0.2, 0) is 6.54 Å². The number of aromatic nitrogens is 4. The molecule has 7 heteroatoms. The summed E-state index contributed by atoms with van der Waals surface area (Å²) < 4.78 is 6.89. The molecule has 0 fully saturated rings. The van der Waals surface area contributed by atoms with Gasteiger partial charge in [-0.2, -0.15) is 16.4 Å². The second kappa shape index (κ2) is 5.79. The van der Waals surface area contributed by atoms with Crippen LogP contribution in [0.5, 0.6) is 0 Å². The van der Waals surface area contributed by atoms with Gasteiger partial charge in [0, 0.05) is 30.0 Å². The predicted octanol–water partition coefficient (Wildman–Crippen LogP) is 2.66. The third-order valence-electron chi connectivity index (χ3n) is 2.86. The number of rotatable bonds is 6. The Kier molecular flexibility index (Phi) is 3.69. The van der Waals surface area contributed by atoms with Crippen molar-refractivity contribution in [2.24, 2.45) is 0 Å². The second-order valence-corrected chi connectivity index (χ2v) is 5.05. The molecule has 0 N–H and O–H groups in total. The lowest BCUT2D eigenvalue weighted by Gasteiger charge is -1.98. The number of thiophene rings is 1. The minimum atomic E-state index is -0.0182. The van der Waals surface area contributed by atoms with Crippen LogP contribution in [0.25, 0.3) is 11.3 Å². The zero-order chi connectivity index (χ0) is 13.8. The molecular weight excluding hydrogens is 276 g/mol. The van der Waals surface area contributed by atoms with E-state index in [0.717, 1.165) is 5.56 Å². The molecule has 0 unspecified atom stereocenters. The first-order valence-electron chi connectivity index (χ1n) is 6.18. The topological polar surface area (TPSA) is 73.8 Å². The fourth-order valence-electron chi connectivity index (χ4n) is 1.83. The molecule has 0 bridgehead atoms. The van der Waals surface area contributed by atoms with Gasteiger partial charge in [-0.1, -0.05) is 5.16 Å². The Morgan fingerprint density at radius 1 is 1.45 bits per heavy atom. The van der Waals surface area contributed by atoms with Gasteiger partial charge in [0.1, 0.15) is 18.3 Å². The highest BCUT2D eigenvalue weighted by molar-refractivity contribution is 7.08. The minimum Gasteiger partial charge on any atom is -0.356 e. The number of aryl methyl sites for hydroxylation is 1. The molecule has 0 aliphatic heterocycles. The van der Waals surface area contributed by atoms with E-state index in [1.54, 1.807) is 28.4 Å². The highest BCUT2D eigenvalue weighted by Gasteiger charge is 2.13. The van der Waals surface area contributed by atoms with Crippen molar-refractivity contribution in [2.45, 2.75) is 19.4 Å². The molecule has 3 aromatic heterocycles. The fraction of sp³-hybridized carbons (Fsp3) is 0.231. The van der Waals surface area contributed by atoms with Gasteiger partial charge in [-0.15, -0.1) is 0 Å². The summed E-state index contributed by atoms with van der Waals surface area (Å²) in [5, 5.41) is 11.7. The van der Waals surface area contributed by atoms with Crippen LogP contribution in [0, 0.1) is 0 Å². The summed E-state index contributed by atoms with van der Waals surface area (Å²) in [6.45, 7) is 0.668. The quantitative estimate of drug-likeness (QED) is 0.652. The van der Waals surface area contributed by atoms with Crippen LogP contribution >= 0.6 is 11.3 Å². The van der Waals surface area contributed by atoms with Crippen molar-refractivity contribution >= 4 is 17.1 Å². The summed E-state index contributed by atoms with van der Waals surface area (Å²) in [7, 11) is 0. The van der Waals surface area contributed by atoms with Gasteiger partial charge < -0.3 is 4.52 Å². The Bertz CT molecular complexity index is 673. The normalized spacial score (nSPS) is 10.8. The first-order chi connectivity index (χ1) is 9.83. The van der Waals surface area contributed by atoms with Gasteiger partial charge >= 0.3 is 0 Å². The van der Waals surface area contributed by atoms with Crippen molar-refractivity contribution in [3.05, 3.63) is 41.2 Å². The number of carbonyl (C=O) groups excluding carboxylic acids is 1. The number of nitrogens with zero attached hydrogens (tertiary/aromatic N) is 4. The zero-order valence-electron chi connectivity index (χ0n) is 10.6. The van der Waals surface area contributed by atoms with Gasteiger partial charge in [0.15, 0.2) is 11.5 Å². The molecule has 102 valence electrons. The third kappa shape index (κ3) is 2.83. The van der Waals surface area contributed by atoms with Crippen molar-refractivity contribution in [2.75, 3.05) is 0 Å². The summed E-state index contributed by atoms with van der Waals surface area (Å²) in [4.78, 5) is 15.8. The SMILES string of the molecule is O=C(CCCn1cncn1)c1cc(-c2ccsc2)on1. The van der Waals surface area contributed by atoms with Crippen molar-refractivity contribution in [1.82, 2.24) is 19.9 Å². The standard InChI is InChI=1S/C13H12N4O2S/c18-12(2-1-4-17-9-14-8-15-17)11-6-13(19-16-11)10-3-5-20-7-10/h3,5-9H,1-2,4H2. The average Bonchev–Trinajstić information content (AvgIpc) is 3.20. The smallest absolute Gasteiger partial charge is 0.184 e. The molecule has 0 atom stereocenters. The molecule has 0 radical (unpaired) electrons. The molecule has 0 saturated carbocycles. The van der Waals surface area contributed by atoms with E-state index in [1.165, 1.54) is 6.33 Å². The number of ketones is 1. The third-order valence-corrected chi connectivity index (χ3v) is 3.54. The summed E-state index contributed by atoms with van der Waals surface area (Å²) in [6, 6.07) is 3.63. The lowest BCUT2D eigenvalue weighted by atomic mass is 10.1. The van der Waals surface area contributed by atoms with E-state index in [0.29, 0.717) is 30.8 Å². The zero-order valence-corrected chi connectivity index (χ0v) is 11.4. The summed E-state index contributed by atoms with van der Waals surface area (Å²) >= 11 is 1.58. The van der Waals surface area contributed by atoms with Crippen molar-refractivity contribution < 1.29 is 9.32 Å². The molecule has 3 aromatic rings. The van der Waals surface area contributed by atoms with Gasteiger partial charge in [0.25, 0.3) is 0 Å². The van der Waals surface area contributed by atoms with Gasteiger partial charge in [0.2, 0.25) is 0 Å². The van der Waals surface area contributed by atoms with Gasteiger partial charge in [0.05, 0.1) is 0 Å². The average molecular weight is 288 g/mol. The van der Waals surface area contributed by atoms with E-state index >= 15 is 0 Å². The molecule has 0 aliphatic rings. The van der Waals surface area contributed by atoms with E-state index in [-0.39, 0.29) is 5.78 Å². The molecule has 0 aliphatic carbocycles. The molecule has 0 spiro atoms. The van der Waals surface area contributed by atoms with E-state index in [9.17, 15) is 4.79 Å². The number of hydrogen-bond donors (Lipinski definition) is 0. The Morgan fingerprint density at radius 2 is 2.40 bits per heavy atom. The first kappa shape index (κ1) is 12.7. The monoisotopic (exact) mass is 288 g/mol. The van der Waals surface area contributed by atoms with Gasteiger partial charge in [-0.3, -0.25) is 9.48 Å². The lowest BCUT2D eigenvalue weighted by Crippen LogP contribution is -2.04. The first-order valence-corrected chi connectivity index (χ1v) is 7.12. The van der Waals surface area contributed by atoms with Crippen LogP contribution in [0.2, 0.25) is 0 Å². The Labute approximate surface area is 119 Å². The summed E-state index contributed by atoms with van der Waals surface area (Å²) in [5.74, 6) is 0.612. The number of carbonyl (C=O) groups is 1. The highest BCUT2D eigenvalue weighted by Crippen LogP contribution is 2.23. The molecule has 0 saturated heterocycles. The largest absolute Gasteiger partial charge is 0.356 e. The summed E-state index contributed by atoms with van der Waals surface area (Å²) in [5.41, 5.74) is 1.33. The maximum Gasteiger partial charge on any atom is 0.184 e. The molecule has 20 heavy (non-hydrogen) atoms. The second-order valence-electron chi connectivity index (χ2n) is 4.27. The molecular formula is C13H12N4O2S. The Morgan fingerprint density at radius 3 is 3.15 bits per heavy atom. The molecule has 0 amide bonds. The molecule has 0 aromatic carbocycles. The van der Waals surface area contributed by atoms with E-state index < -0.39 is 0 Å². The van der Waals surface area contributed by atoms with Gasteiger partial charge in [-0.25, -0.2) is 4.98 Å². The molecule has 3 heterocycles. The lowest BCUT2D eigenvalue weighted by molar-refractivity contribution is 0.0969. The van der Waals surface area contributed by atoms with Crippen LogP contribution in [0.3, 0.4) is 0 Å². The van der Waals surface area contributed by atoms with Crippen LogP contribution in [-0.4, -0.2) is 25.7 Å². The summed E-state index contributed by atoms with van der Waals surface area (Å²) in [6.07, 6.45) is 4.22. The maximum absolute atomic E-state index is 12.0. The van der Waals surface area contributed by atoms with Crippen molar-refractivity contribution in [1.29, 1.82) is 0 Å². The van der Waals surface area contributed by atoms with Gasteiger partial charge in [-0.05, 0) is 17.9 Å².